The summed E-state index contributed by atoms with van der Waals surface area (Å²) in [5.41, 5.74) is -7.88. The van der Waals surface area contributed by atoms with Crippen molar-refractivity contribution in [1.82, 2.24) is 5.32 Å². The first kappa shape index (κ1) is 29.3. The van der Waals surface area contributed by atoms with Gasteiger partial charge < -0.3 is 15.5 Å². The van der Waals surface area contributed by atoms with Crippen LogP contribution in [0.25, 0.3) is 0 Å². The van der Waals surface area contributed by atoms with Crippen molar-refractivity contribution in [2.45, 2.75) is 37.9 Å². The highest BCUT2D eigenvalue weighted by Crippen LogP contribution is 2.53. The molecule has 0 aliphatic rings. The van der Waals surface area contributed by atoms with Crippen molar-refractivity contribution in [1.29, 1.82) is 0 Å². The largest absolute Gasteiger partial charge is 0.435 e. The topological polar surface area (TPSA) is 79.8 Å². The van der Waals surface area contributed by atoms with Crippen molar-refractivity contribution in [3.05, 3.63) is 62.2 Å². The molecular formula is C22H19F7IN3O3. The quantitative estimate of drug-likeness (QED) is 0.173. The molecule has 1 atom stereocenters. The Balaban J connectivity index is 2.40. The zero-order valence-corrected chi connectivity index (χ0v) is 21.0. The van der Waals surface area contributed by atoms with Crippen LogP contribution in [0.4, 0.5) is 36.4 Å². The average molecular weight is 633 g/mol. The third-order valence-electron chi connectivity index (χ3n) is 4.89. The maximum atomic E-state index is 14.3. The standard InChI is InChI=1S/C22H19F7IN3O3/c1-11-9-13(20(23,21(24,25)26)22(27,28)29)7-8-16(11)33-18(34)14-5-4-6-15(30)17(14)19(35)32-12(2)10-31-36-3/h4-10,12H,1-3H3,(H,32,35)(H,33,34). The van der Waals surface area contributed by atoms with E-state index in [-0.39, 0.29) is 22.4 Å². The van der Waals surface area contributed by atoms with Crippen LogP contribution in [0.3, 0.4) is 0 Å². The Bertz CT molecular complexity index is 1150. The number of hydrogen-bond acceptors (Lipinski definition) is 4. The fraction of sp³-hybridized carbons (Fsp3) is 0.318. The molecule has 196 valence electrons. The fourth-order valence-electron chi connectivity index (χ4n) is 3.11. The molecule has 0 aliphatic carbocycles. The van der Waals surface area contributed by atoms with E-state index in [4.69, 9.17) is 0 Å². The van der Waals surface area contributed by atoms with Gasteiger partial charge in [0.25, 0.3) is 11.8 Å². The number of carbonyl (C=O) groups is 2. The molecule has 36 heavy (non-hydrogen) atoms. The molecule has 0 saturated heterocycles. The van der Waals surface area contributed by atoms with E-state index in [2.05, 4.69) is 20.6 Å². The summed E-state index contributed by atoms with van der Waals surface area (Å²) in [6.45, 7) is 2.69. The van der Waals surface area contributed by atoms with Crippen LogP contribution in [0.1, 0.15) is 38.8 Å². The van der Waals surface area contributed by atoms with E-state index in [1.807, 2.05) is 22.6 Å². The maximum absolute atomic E-state index is 14.3. The molecule has 0 bridgehead atoms. The molecule has 2 rings (SSSR count). The van der Waals surface area contributed by atoms with Gasteiger partial charge in [-0.3, -0.25) is 9.59 Å². The van der Waals surface area contributed by atoms with Gasteiger partial charge in [0.2, 0.25) is 0 Å². The summed E-state index contributed by atoms with van der Waals surface area (Å²) < 4.78 is 93.0. The van der Waals surface area contributed by atoms with E-state index in [9.17, 15) is 40.3 Å². The normalized spacial score (nSPS) is 13.4. The van der Waals surface area contributed by atoms with Crippen LogP contribution < -0.4 is 10.6 Å². The number of alkyl halides is 7. The molecule has 2 aromatic carbocycles. The molecule has 2 N–H and O–H groups in total. The molecule has 14 heteroatoms. The van der Waals surface area contributed by atoms with Gasteiger partial charge in [-0.1, -0.05) is 23.4 Å². The van der Waals surface area contributed by atoms with Crippen LogP contribution in [-0.4, -0.2) is 43.5 Å². The van der Waals surface area contributed by atoms with Crippen LogP contribution in [-0.2, 0) is 10.5 Å². The van der Waals surface area contributed by atoms with Crippen molar-refractivity contribution >= 4 is 46.3 Å². The number of nitrogens with one attached hydrogen (secondary N) is 2. The molecule has 0 fully saturated rings. The Morgan fingerprint density at radius 1 is 1.03 bits per heavy atom. The number of hydrogen-bond donors (Lipinski definition) is 2. The SMILES string of the molecule is CON=CC(C)NC(=O)c1c(I)cccc1C(=O)Nc1ccc(C(F)(C(F)(F)F)C(F)(F)F)cc1C. The van der Waals surface area contributed by atoms with E-state index < -0.39 is 41.4 Å². The molecule has 1 unspecified atom stereocenters. The summed E-state index contributed by atoms with van der Waals surface area (Å²) in [5.74, 6) is -1.52. The van der Waals surface area contributed by atoms with Gasteiger partial charge >= 0.3 is 18.0 Å². The minimum atomic E-state index is -6.27. The van der Waals surface area contributed by atoms with Gasteiger partial charge in [0, 0.05) is 14.8 Å². The predicted molar refractivity (Wildman–Crippen MR) is 126 cm³/mol. The Morgan fingerprint density at radius 3 is 2.17 bits per heavy atom. The van der Waals surface area contributed by atoms with E-state index in [1.165, 1.54) is 25.5 Å². The molecule has 0 aliphatic heterocycles. The zero-order valence-electron chi connectivity index (χ0n) is 18.8. The van der Waals surface area contributed by atoms with Crippen molar-refractivity contribution in [3.63, 3.8) is 0 Å². The number of anilines is 1. The molecule has 2 aromatic rings. The van der Waals surface area contributed by atoms with Gasteiger partial charge in [-0.15, -0.1) is 0 Å². The summed E-state index contributed by atoms with van der Waals surface area (Å²) >= 11 is 1.82. The number of amides is 2. The Hall–Kier alpha value is -2.91. The number of carbonyl (C=O) groups excluding carboxylic acids is 2. The first-order valence-corrected chi connectivity index (χ1v) is 11.0. The van der Waals surface area contributed by atoms with E-state index in [0.717, 1.165) is 13.0 Å². The number of oxime groups is 1. The lowest BCUT2D eigenvalue weighted by Crippen LogP contribution is -2.50. The number of aryl methyl sites for hydroxylation is 1. The van der Waals surface area contributed by atoms with Crippen molar-refractivity contribution < 1.29 is 45.2 Å². The smallest absolute Gasteiger partial charge is 0.399 e. The third-order valence-corrected chi connectivity index (χ3v) is 5.79. The number of halogens is 8. The van der Waals surface area contributed by atoms with Crippen LogP contribution in [0.2, 0.25) is 0 Å². The zero-order chi connectivity index (χ0) is 27.5. The van der Waals surface area contributed by atoms with Gasteiger partial charge in [0.15, 0.2) is 0 Å². The highest BCUT2D eigenvalue weighted by atomic mass is 127. The lowest BCUT2D eigenvalue weighted by atomic mass is 9.92. The number of rotatable bonds is 7. The average Bonchev–Trinajstić information content (AvgIpc) is 2.76. The van der Waals surface area contributed by atoms with Crippen LogP contribution in [0.15, 0.2) is 41.6 Å². The molecular weight excluding hydrogens is 614 g/mol. The monoisotopic (exact) mass is 633 g/mol. The first-order chi connectivity index (χ1) is 16.5. The van der Waals surface area contributed by atoms with Crippen molar-refractivity contribution in [2.24, 2.45) is 5.16 Å². The van der Waals surface area contributed by atoms with E-state index in [0.29, 0.717) is 15.7 Å². The molecule has 0 spiro atoms. The van der Waals surface area contributed by atoms with Crippen LogP contribution in [0.5, 0.6) is 0 Å². The Kier molecular flexibility index (Phi) is 8.96. The minimum absolute atomic E-state index is 0.0283. The van der Waals surface area contributed by atoms with Gasteiger partial charge in [0.05, 0.1) is 23.4 Å². The van der Waals surface area contributed by atoms with Crippen LogP contribution >= 0.6 is 22.6 Å². The lowest BCUT2D eigenvalue weighted by molar-refractivity contribution is -0.348. The van der Waals surface area contributed by atoms with E-state index in [1.54, 1.807) is 13.0 Å². The predicted octanol–water partition coefficient (Wildman–Crippen LogP) is 5.89. The molecule has 6 nitrogen and oxygen atoms in total. The molecule has 0 saturated carbocycles. The number of nitrogens with zero attached hydrogens (tertiary/aromatic N) is 1. The lowest BCUT2D eigenvalue weighted by Gasteiger charge is -2.30. The molecule has 0 aromatic heterocycles. The van der Waals surface area contributed by atoms with Crippen molar-refractivity contribution in [2.75, 3.05) is 12.4 Å². The Labute approximate surface area is 214 Å². The number of benzene rings is 2. The Morgan fingerprint density at radius 2 is 1.64 bits per heavy atom. The summed E-state index contributed by atoms with van der Waals surface area (Å²) in [6, 6.07) is 5.13. The maximum Gasteiger partial charge on any atom is 0.435 e. The third kappa shape index (κ3) is 6.07. The second-order valence-corrected chi connectivity index (χ2v) is 8.66. The van der Waals surface area contributed by atoms with Gasteiger partial charge in [-0.25, -0.2) is 4.39 Å². The first-order valence-electron chi connectivity index (χ1n) is 9.95. The van der Waals surface area contributed by atoms with Gasteiger partial charge in [0.1, 0.15) is 7.11 Å². The minimum Gasteiger partial charge on any atom is -0.399 e. The second-order valence-electron chi connectivity index (χ2n) is 7.50. The summed E-state index contributed by atoms with van der Waals surface area (Å²) in [5, 5.41) is 8.46. The van der Waals surface area contributed by atoms with E-state index >= 15 is 0 Å². The van der Waals surface area contributed by atoms with Crippen molar-refractivity contribution in [3.8, 4) is 0 Å². The highest BCUT2D eigenvalue weighted by Gasteiger charge is 2.73. The summed E-state index contributed by atoms with van der Waals surface area (Å²) in [4.78, 5) is 30.2. The van der Waals surface area contributed by atoms with Gasteiger partial charge in [-0.2, -0.15) is 26.3 Å². The fourth-order valence-corrected chi connectivity index (χ4v) is 3.85. The molecule has 2 amide bonds. The second kappa shape index (κ2) is 11.0. The highest BCUT2D eigenvalue weighted by molar-refractivity contribution is 14.1. The molecule has 0 heterocycles. The summed E-state index contributed by atoms with van der Waals surface area (Å²) in [6.07, 6.45) is -11.2. The molecule has 0 radical (unpaired) electrons. The van der Waals surface area contributed by atoms with Crippen LogP contribution in [0, 0.1) is 10.5 Å². The summed E-state index contributed by atoms with van der Waals surface area (Å²) in [7, 11) is 1.31. The van der Waals surface area contributed by atoms with Gasteiger partial charge in [-0.05, 0) is 60.2 Å².